The third kappa shape index (κ3) is 5.34. The lowest BCUT2D eigenvalue weighted by molar-refractivity contribution is 0.0828. The summed E-state index contributed by atoms with van der Waals surface area (Å²) >= 11 is 0. The zero-order valence-corrected chi connectivity index (χ0v) is 15.8. The smallest absolute Gasteiger partial charge is 0.255 e. The summed E-state index contributed by atoms with van der Waals surface area (Å²) in [5.74, 6) is 0.785. The van der Waals surface area contributed by atoms with Gasteiger partial charge in [-0.3, -0.25) is 9.59 Å². The van der Waals surface area contributed by atoms with E-state index >= 15 is 0 Å². The molecule has 0 unspecified atom stereocenters. The lowest BCUT2D eigenvalue weighted by Gasteiger charge is -2.15. The molecule has 0 radical (unpaired) electrons. The first kappa shape index (κ1) is 19.5. The zero-order valence-electron chi connectivity index (χ0n) is 15.8. The summed E-state index contributed by atoms with van der Waals surface area (Å²) < 4.78 is 5.71. The Kier molecular flexibility index (Phi) is 6.78. The quantitative estimate of drug-likeness (QED) is 0.815. The first-order valence-electron chi connectivity index (χ1n) is 8.73. The van der Waals surface area contributed by atoms with Gasteiger partial charge in [-0.1, -0.05) is 32.0 Å². The summed E-state index contributed by atoms with van der Waals surface area (Å²) in [5, 5.41) is 2.82. The van der Waals surface area contributed by atoms with Crippen LogP contribution in [-0.4, -0.2) is 37.4 Å². The molecule has 0 spiro atoms. The second-order valence-electron chi connectivity index (χ2n) is 6.76. The van der Waals surface area contributed by atoms with Gasteiger partial charge in [-0.15, -0.1) is 0 Å². The van der Waals surface area contributed by atoms with Crippen molar-refractivity contribution in [1.82, 2.24) is 4.90 Å². The number of anilines is 1. The SMILES string of the molecule is CC(C)CCOc1cccc(C(=O)Nc2ccccc2C(=O)N(C)C)c1. The summed E-state index contributed by atoms with van der Waals surface area (Å²) in [6, 6.07) is 14.0. The third-order valence-electron chi connectivity index (χ3n) is 3.87. The van der Waals surface area contributed by atoms with Crippen molar-refractivity contribution in [3.63, 3.8) is 0 Å². The standard InChI is InChI=1S/C21H26N2O3/c1-15(2)12-13-26-17-9-7-8-16(14-17)20(24)22-19-11-6-5-10-18(19)21(25)23(3)4/h5-11,14-15H,12-13H2,1-4H3,(H,22,24). The fourth-order valence-electron chi connectivity index (χ4n) is 2.35. The molecule has 0 atom stereocenters. The number of ether oxygens (including phenoxy) is 1. The molecule has 0 aliphatic rings. The van der Waals surface area contributed by atoms with Crippen molar-refractivity contribution < 1.29 is 14.3 Å². The van der Waals surface area contributed by atoms with Crippen molar-refractivity contribution in [3.8, 4) is 5.75 Å². The number of hydrogen-bond acceptors (Lipinski definition) is 3. The highest BCUT2D eigenvalue weighted by molar-refractivity contribution is 6.09. The maximum Gasteiger partial charge on any atom is 0.255 e. The molecule has 2 rings (SSSR count). The minimum absolute atomic E-state index is 0.160. The number of benzene rings is 2. The van der Waals surface area contributed by atoms with Crippen LogP contribution in [0.2, 0.25) is 0 Å². The Morgan fingerprint density at radius 1 is 1.08 bits per heavy atom. The molecule has 0 saturated carbocycles. The van der Waals surface area contributed by atoms with E-state index in [1.807, 2.05) is 6.07 Å². The van der Waals surface area contributed by atoms with Crippen LogP contribution in [0.25, 0.3) is 0 Å². The normalized spacial score (nSPS) is 10.5. The topological polar surface area (TPSA) is 58.6 Å². The van der Waals surface area contributed by atoms with Gasteiger partial charge in [0.05, 0.1) is 17.9 Å². The Balaban J connectivity index is 2.12. The lowest BCUT2D eigenvalue weighted by Crippen LogP contribution is -2.24. The first-order chi connectivity index (χ1) is 12.4. The number of nitrogens with zero attached hydrogens (tertiary/aromatic N) is 1. The Morgan fingerprint density at radius 3 is 2.50 bits per heavy atom. The summed E-state index contributed by atoms with van der Waals surface area (Å²) in [6.45, 7) is 4.89. The van der Waals surface area contributed by atoms with Gasteiger partial charge >= 0.3 is 0 Å². The minimum Gasteiger partial charge on any atom is -0.494 e. The molecule has 0 aliphatic heterocycles. The van der Waals surface area contributed by atoms with Crippen molar-refractivity contribution in [2.24, 2.45) is 5.92 Å². The van der Waals surface area contributed by atoms with Gasteiger partial charge in [0.1, 0.15) is 5.75 Å². The van der Waals surface area contributed by atoms with E-state index in [1.165, 1.54) is 4.90 Å². The summed E-state index contributed by atoms with van der Waals surface area (Å²) in [4.78, 5) is 26.3. The van der Waals surface area contributed by atoms with Gasteiger partial charge in [-0.05, 0) is 42.7 Å². The molecule has 5 nitrogen and oxygen atoms in total. The predicted molar refractivity (Wildman–Crippen MR) is 104 cm³/mol. The highest BCUT2D eigenvalue weighted by atomic mass is 16.5. The number of carbonyl (C=O) groups excluding carboxylic acids is 2. The molecular weight excluding hydrogens is 328 g/mol. The van der Waals surface area contributed by atoms with E-state index in [9.17, 15) is 9.59 Å². The molecule has 5 heteroatoms. The number of carbonyl (C=O) groups is 2. The third-order valence-corrected chi connectivity index (χ3v) is 3.87. The maximum atomic E-state index is 12.6. The van der Waals surface area contributed by atoms with Crippen LogP contribution in [0.4, 0.5) is 5.69 Å². The van der Waals surface area contributed by atoms with Gasteiger partial charge in [0, 0.05) is 19.7 Å². The fourth-order valence-corrected chi connectivity index (χ4v) is 2.35. The van der Waals surface area contributed by atoms with Crippen LogP contribution in [0.1, 0.15) is 41.0 Å². The molecule has 138 valence electrons. The summed E-state index contributed by atoms with van der Waals surface area (Å²) in [7, 11) is 3.36. The predicted octanol–water partition coefficient (Wildman–Crippen LogP) is 4.07. The monoisotopic (exact) mass is 354 g/mol. The molecular formula is C21H26N2O3. The van der Waals surface area contributed by atoms with Crippen LogP contribution >= 0.6 is 0 Å². The van der Waals surface area contributed by atoms with E-state index in [4.69, 9.17) is 4.74 Å². The minimum atomic E-state index is -0.279. The molecule has 0 saturated heterocycles. The van der Waals surface area contributed by atoms with E-state index in [0.29, 0.717) is 35.1 Å². The number of para-hydroxylation sites is 1. The van der Waals surface area contributed by atoms with Gasteiger partial charge < -0.3 is 15.0 Å². The Morgan fingerprint density at radius 2 is 1.81 bits per heavy atom. The van der Waals surface area contributed by atoms with Crippen LogP contribution in [-0.2, 0) is 0 Å². The highest BCUT2D eigenvalue weighted by Gasteiger charge is 2.15. The first-order valence-corrected chi connectivity index (χ1v) is 8.73. The van der Waals surface area contributed by atoms with Gasteiger partial charge in [0.25, 0.3) is 11.8 Å². The van der Waals surface area contributed by atoms with Crippen LogP contribution in [0.3, 0.4) is 0 Å². The van der Waals surface area contributed by atoms with E-state index in [2.05, 4.69) is 19.2 Å². The van der Waals surface area contributed by atoms with Crippen LogP contribution in [0.5, 0.6) is 5.75 Å². The fraction of sp³-hybridized carbons (Fsp3) is 0.333. The summed E-state index contributed by atoms with van der Waals surface area (Å²) in [5.41, 5.74) is 1.43. The number of hydrogen-bond donors (Lipinski definition) is 1. The van der Waals surface area contributed by atoms with Gasteiger partial charge in [0.15, 0.2) is 0 Å². The van der Waals surface area contributed by atoms with E-state index in [0.717, 1.165) is 6.42 Å². The van der Waals surface area contributed by atoms with Crippen LogP contribution in [0, 0.1) is 5.92 Å². The number of nitrogens with one attached hydrogen (secondary N) is 1. The van der Waals surface area contributed by atoms with Crippen molar-refractivity contribution in [2.75, 3.05) is 26.0 Å². The van der Waals surface area contributed by atoms with Crippen LogP contribution < -0.4 is 10.1 Å². The summed E-state index contributed by atoms with van der Waals surface area (Å²) in [6.07, 6.45) is 0.955. The van der Waals surface area contributed by atoms with Gasteiger partial charge in [-0.25, -0.2) is 0 Å². The van der Waals surface area contributed by atoms with Gasteiger partial charge in [-0.2, -0.15) is 0 Å². The van der Waals surface area contributed by atoms with Crippen molar-refractivity contribution >= 4 is 17.5 Å². The van der Waals surface area contributed by atoms with Crippen LogP contribution in [0.15, 0.2) is 48.5 Å². The number of amides is 2. The van der Waals surface area contributed by atoms with Crippen molar-refractivity contribution in [2.45, 2.75) is 20.3 Å². The molecule has 0 bridgehead atoms. The lowest BCUT2D eigenvalue weighted by atomic mass is 10.1. The van der Waals surface area contributed by atoms with E-state index < -0.39 is 0 Å². The van der Waals surface area contributed by atoms with Crippen molar-refractivity contribution in [1.29, 1.82) is 0 Å². The average molecular weight is 354 g/mol. The second-order valence-corrected chi connectivity index (χ2v) is 6.76. The van der Waals surface area contributed by atoms with Crippen molar-refractivity contribution in [3.05, 3.63) is 59.7 Å². The molecule has 1 N–H and O–H groups in total. The molecule has 2 amide bonds. The van der Waals surface area contributed by atoms with E-state index in [-0.39, 0.29) is 11.8 Å². The van der Waals surface area contributed by atoms with Gasteiger partial charge in [0.2, 0.25) is 0 Å². The molecule has 0 fully saturated rings. The highest BCUT2D eigenvalue weighted by Crippen LogP contribution is 2.19. The molecule has 26 heavy (non-hydrogen) atoms. The molecule has 2 aromatic rings. The maximum absolute atomic E-state index is 12.6. The Hall–Kier alpha value is -2.82. The second kappa shape index (κ2) is 9.04. The molecule has 0 aliphatic carbocycles. The zero-order chi connectivity index (χ0) is 19.1. The Bertz CT molecular complexity index is 769. The van der Waals surface area contributed by atoms with E-state index in [1.54, 1.807) is 56.6 Å². The number of rotatable bonds is 7. The average Bonchev–Trinajstić information content (AvgIpc) is 2.61. The largest absolute Gasteiger partial charge is 0.494 e. The molecule has 0 aromatic heterocycles. The molecule has 2 aromatic carbocycles. The molecule has 0 heterocycles. The Labute approximate surface area is 155 Å².